The Labute approximate surface area is 163 Å². The zero-order valence-electron chi connectivity index (χ0n) is 15.6. The molecule has 1 saturated heterocycles. The zero-order chi connectivity index (χ0) is 18.5. The van der Waals surface area contributed by atoms with Crippen molar-refractivity contribution in [2.75, 3.05) is 32.7 Å². The number of unbranched alkanes of at least 4 members (excludes halogenated alkanes) is 1. The number of nitrogens with one attached hydrogen (secondary N) is 1. The summed E-state index contributed by atoms with van der Waals surface area (Å²) in [6.07, 6.45) is 3.04. The van der Waals surface area contributed by atoms with E-state index >= 15 is 0 Å². The van der Waals surface area contributed by atoms with Crippen molar-refractivity contribution in [1.29, 1.82) is 0 Å². The highest BCUT2D eigenvalue weighted by atomic mass is 32.1. The molecule has 1 aliphatic heterocycles. The molecule has 0 aliphatic carbocycles. The zero-order valence-corrected chi connectivity index (χ0v) is 16.4. The van der Waals surface area contributed by atoms with E-state index in [1.54, 1.807) is 0 Å². The molecule has 0 bridgehead atoms. The summed E-state index contributed by atoms with van der Waals surface area (Å²) in [4.78, 5) is 24.6. The van der Waals surface area contributed by atoms with Crippen molar-refractivity contribution in [2.24, 2.45) is 0 Å². The number of rotatable bonds is 7. The molecule has 6 heteroatoms. The number of aryl methyl sites for hydroxylation is 1. The molecule has 3 heterocycles. The summed E-state index contributed by atoms with van der Waals surface area (Å²) < 4.78 is 0.729. The molecule has 3 aromatic rings. The molecule has 2 aromatic heterocycles. The third-order valence-electron chi connectivity index (χ3n) is 5.22. The van der Waals surface area contributed by atoms with E-state index in [1.165, 1.54) is 16.9 Å². The van der Waals surface area contributed by atoms with Crippen molar-refractivity contribution in [3.05, 3.63) is 63.5 Å². The van der Waals surface area contributed by atoms with Crippen LogP contribution in [0.5, 0.6) is 0 Å². The molecule has 142 valence electrons. The summed E-state index contributed by atoms with van der Waals surface area (Å²) in [5, 5.41) is 1.92. The van der Waals surface area contributed by atoms with Crippen molar-refractivity contribution >= 4 is 21.6 Å². The number of aromatic nitrogens is 2. The summed E-state index contributed by atoms with van der Waals surface area (Å²) >= 11 is 1.45. The second kappa shape index (κ2) is 8.78. The summed E-state index contributed by atoms with van der Waals surface area (Å²) in [5.41, 5.74) is 2.22. The molecule has 0 spiro atoms. The van der Waals surface area contributed by atoms with Gasteiger partial charge in [-0.25, -0.2) is 4.98 Å². The Morgan fingerprint density at radius 3 is 2.59 bits per heavy atom. The van der Waals surface area contributed by atoms with Gasteiger partial charge < -0.3 is 9.88 Å². The topological polar surface area (TPSA) is 52.2 Å². The number of hydrogen-bond acceptors (Lipinski definition) is 5. The average molecular weight is 383 g/mol. The largest absolute Gasteiger partial charge is 0.309 e. The fourth-order valence-electron chi connectivity index (χ4n) is 3.68. The Kier molecular flexibility index (Phi) is 5.97. The molecular weight excluding hydrogens is 356 g/mol. The first-order valence-corrected chi connectivity index (χ1v) is 10.6. The molecule has 0 saturated carbocycles. The second-order valence-corrected chi connectivity index (χ2v) is 8.12. The first kappa shape index (κ1) is 18.3. The Morgan fingerprint density at radius 2 is 1.78 bits per heavy atom. The van der Waals surface area contributed by atoms with E-state index in [9.17, 15) is 4.79 Å². The fourth-order valence-corrected chi connectivity index (χ4v) is 4.41. The standard InChI is InChI=1S/C21H26N4OS/c26-21-20-18(9-15-27-20)22-19(23-21)8-4-5-10-24-11-13-25(14-12-24)16-17-6-2-1-3-7-17/h1-3,6-7,9,15H,4-5,8,10-14,16H2,(H,22,23,26). The van der Waals surface area contributed by atoms with Crippen LogP contribution in [0.25, 0.3) is 10.2 Å². The van der Waals surface area contributed by atoms with Crippen molar-refractivity contribution in [1.82, 2.24) is 19.8 Å². The van der Waals surface area contributed by atoms with Gasteiger partial charge in [0.2, 0.25) is 0 Å². The Hall–Kier alpha value is -2.02. The highest BCUT2D eigenvalue weighted by molar-refractivity contribution is 7.17. The summed E-state index contributed by atoms with van der Waals surface area (Å²) in [6.45, 7) is 6.74. The molecule has 1 N–H and O–H groups in total. The van der Waals surface area contributed by atoms with Crippen LogP contribution in [0.2, 0.25) is 0 Å². The van der Waals surface area contributed by atoms with Gasteiger partial charge in [0.1, 0.15) is 10.5 Å². The second-order valence-electron chi connectivity index (χ2n) is 7.21. The summed E-state index contributed by atoms with van der Waals surface area (Å²) in [6, 6.07) is 12.6. The van der Waals surface area contributed by atoms with E-state index in [-0.39, 0.29) is 5.56 Å². The van der Waals surface area contributed by atoms with Gasteiger partial charge in [-0.1, -0.05) is 30.3 Å². The number of piperazine rings is 1. The van der Waals surface area contributed by atoms with Gasteiger partial charge in [0.05, 0.1) is 5.52 Å². The van der Waals surface area contributed by atoms with Crippen LogP contribution in [-0.2, 0) is 13.0 Å². The fraction of sp³-hybridized carbons (Fsp3) is 0.429. The van der Waals surface area contributed by atoms with Gasteiger partial charge in [0.25, 0.3) is 5.56 Å². The van der Waals surface area contributed by atoms with Gasteiger partial charge in [0, 0.05) is 39.1 Å². The number of fused-ring (bicyclic) bond motifs is 1. The van der Waals surface area contributed by atoms with E-state index in [0.29, 0.717) is 0 Å². The lowest BCUT2D eigenvalue weighted by Gasteiger charge is -2.34. The van der Waals surface area contributed by atoms with Crippen LogP contribution < -0.4 is 5.56 Å². The molecule has 0 radical (unpaired) electrons. The van der Waals surface area contributed by atoms with Crippen LogP contribution in [0.1, 0.15) is 24.2 Å². The number of H-pyrrole nitrogens is 1. The SMILES string of the molecule is O=c1[nH]c(CCCCN2CCN(Cc3ccccc3)CC2)nc2ccsc12. The van der Waals surface area contributed by atoms with Crippen LogP contribution >= 0.6 is 11.3 Å². The highest BCUT2D eigenvalue weighted by Crippen LogP contribution is 2.14. The van der Waals surface area contributed by atoms with Crippen molar-refractivity contribution in [3.63, 3.8) is 0 Å². The lowest BCUT2D eigenvalue weighted by molar-refractivity contribution is 0.125. The number of benzene rings is 1. The monoisotopic (exact) mass is 382 g/mol. The van der Waals surface area contributed by atoms with E-state index < -0.39 is 0 Å². The van der Waals surface area contributed by atoms with E-state index in [0.717, 1.165) is 74.6 Å². The molecule has 1 fully saturated rings. The quantitative estimate of drug-likeness (QED) is 0.638. The molecule has 4 rings (SSSR count). The lowest BCUT2D eigenvalue weighted by Crippen LogP contribution is -2.46. The van der Waals surface area contributed by atoms with Crippen molar-refractivity contribution in [3.8, 4) is 0 Å². The minimum absolute atomic E-state index is 0.000428. The predicted octanol–water partition coefficient (Wildman–Crippen LogP) is 3.13. The molecule has 0 atom stereocenters. The van der Waals surface area contributed by atoms with Gasteiger partial charge in [-0.15, -0.1) is 11.3 Å². The molecule has 1 aromatic carbocycles. The van der Waals surface area contributed by atoms with Gasteiger partial charge in [-0.05, 0) is 36.4 Å². The first-order valence-electron chi connectivity index (χ1n) is 9.73. The van der Waals surface area contributed by atoms with Crippen LogP contribution in [0.3, 0.4) is 0 Å². The Morgan fingerprint density at radius 1 is 1.00 bits per heavy atom. The first-order chi connectivity index (χ1) is 13.3. The van der Waals surface area contributed by atoms with Crippen LogP contribution in [0.4, 0.5) is 0 Å². The van der Waals surface area contributed by atoms with E-state index in [2.05, 4.69) is 50.1 Å². The minimum atomic E-state index is -0.000428. The van der Waals surface area contributed by atoms with E-state index in [1.807, 2.05) is 11.4 Å². The van der Waals surface area contributed by atoms with Crippen molar-refractivity contribution in [2.45, 2.75) is 25.8 Å². The van der Waals surface area contributed by atoms with Gasteiger partial charge in [-0.2, -0.15) is 0 Å². The van der Waals surface area contributed by atoms with Crippen LogP contribution in [0.15, 0.2) is 46.6 Å². The summed E-state index contributed by atoms with van der Waals surface area (Å²) in [7, 11) is 0. The van der Waals surface area contributed by atoms with Crippen LogP contribution in [-0.4, -0.2) is 52.5 Å². The molecule has 0 unspecified atom stereocenters. The third-order valence-corrected chi connectivity index (χ3v) is 6.12. The van der Waals surface area contributed by atoms with Crippen molar-refractivity contribution < 1.29 is 0 Å². The Balaban J connectivity index is 1.17. The summed E-state index contributed by atoms with van der Waals surface area (Å²) in [5.74, 6) is 0.818. The molecular formula is C21H26N4OS. The van der Waals surface area contributed by atoms with Crippen LogP contribution in [0, 0.1) is 0 Å². The number of nitrogens with zero attached hydrogens (tertiary/aromatic N) is 3. The maximum absolute atomic E-state index is 12.0. The highest BCUT2D eigenvalue weighted by Gasteiger charge is 2.16. The van der Waals surface area contributed by atoms with E-state index in [4.69, 9.17) is 0 Å². The average Bonchev–Trinajstić information content (AvgIpc) is 3.17. The van der Waals surface area contributed by atoms with Gasteiger partial charge >= 0.3 is 0 Å². The minimum Gasteiger partial charge on any atom is -0.309 e. The molecule has 27 heavy (non-hydrogen) atoms. The molecule has 0 amide bonds. The third kappa shape index (κ3) is 4.83. The number of thiophene rings is 1. The van der Waals surface area contributed by atoms with Gasteiger partial charge in [-0.3, -0.25) is 9.69 Å². The number of hydrogen-bond donors (Lipinski definition) is 1. The van der Waals surface area contributed by atoms with Gasteiger partial charge in [0.15, 0.2) is 0 Å². The normalized spacial score (nSPS) is 16.1. The smallest absolute Gasteiger partial charge is 0.268 e. The Bertz CT molecular complexity index is 913. The molecule has 5 nitrogen and oxygen atoms in total. The maximum Gasteiger partial charge on any atom is 0.268 e. The lowest BCUT2D eigenvalue weighted by atomic mass is 10.2. The maximum atomic E-state index is 12.0. The number of aromatic amines is 1. The predicted molar refractivity (Wildman–Crippen MR) is 111 cm³/mol. The molecule has 1 aliphatic rings.